The standard InChI is InChI=1S/C11H11BF3N2O/c1-17-7-6-10(16-17)8-18-11-4-2-9(3-5-11)12(13,14)15/h2-7H,8H2,1H3/q-1. The van der Waals surface area contributed by atoms with Gasteiger partial charge >= 0.3 is 6.98 Å². The number of halogens is 3. The minimum Gasteiger partial charge on any atom is -0.487 e. The zero-order valence-electron chi connectivity index (χ0n) is 9.69. The third-order valence-electron chi connectivity index (χ3n) is 2.41. The number of aromatic nitrogens is 2. The van der Waals surface area contributed by atoms with E-state index in [1.54, 1.807) is 24.0 Å². The number of rotatable bonds is 4. The molecule has 1 aromatic heterocycles. The summed E-state index contributed by atoms with van der Waals surface area (Å²) in [5.41, 5.74) is 0.0989. The first-order valence-electron chi connectivity index (χ1n) is 5.36. The molecule has 96 valence electrons. The van der Waals surface area contributed by atoms with Crippen molar-refractivity contribution >= 4 is 12.4 Å². The summed E-state index contributed by atoms with van der Waals surface area (Å²) >= 11 is 0. The maximum atomic E-state index is 12.4. The molecule has 0 saturated carbocycles. The molecule has 2 aromatic rings. The molecule has 0 amide bonds. The molecule has 3 nitrogen and oxygen atoms in total. The van der Waals surface area contributed by atoms with Gasteiger partial charge in [0.2, 0.25) is 0 Å². The second kappa shape index (κ2) is 4.76. The number of hydrogen-bond acceptors (Lipinski definition) is 2. The third-order valence-corrected chi connectivity index (χ3v) is 2.41. The minimum absolute atomic E-state index is 0.233. The summed E-state index contributed by atoms with van der Waals surface area (Å²) < 4.78 is 44.1. The first kappa shape index (κ1) is 12.5. The molecule has 0 bridgehead atoms. The summed E-state index contributed by atoms with van der Waals surface area (Å²) in [6.45, 7) is -4.71. The van der Waals surface area contributed by atoms with Gasteiger partial charge in [-0.1, -0.05) is 12.1 Å². The van der Waals surface area contributed by atoms with Crippen LogP contribution < -0.4 is 10.2 Å². The van der Waals surface area contributed by atoms with Crippen LogP contribution in [-0.2, 0) is 13.7 Å². The van der Waals surface area contributed by atoms with Gasteiger partial charge in [0.25, 0.3) is 0 Å². The molecule has 1 aromatic carbocycles. The zero-order chi connectivity index (χ0) is 13.2. The quantitative estimate of drug-likeness (QED) is 0.782. The van der Waals surface area contributed by atoms with E-state index >= 15 is 0 Å². The Morgan fingerprint density at radius 2 is 1.83 bits per heavy atom. The van der Waals surface area contributed by atoms with Gasteiger partial charge in [-0.2, -0.15) is 5.10 Å². The van der Waals surface area contributed by atoms with Crippen LogP contribution in [0.3, 0.4) is 0 Å². The molecule has 7 heteroatoms. The van der Waals surface area contributed by atoms with Crippen LogP contribution in [0.2, 0.25) is 0 Å². The average Bonchev–Trinajstić information content (AvgIpc) is 2.72. The molecule has 0 atom stereocenters. The predicted octanol–water partition coefficient (Wildman–Crippen LogP) is 2.05. The Kier molecular flexibility index (Phi) is 3.31. The Morgan fingerprint density at radius 1 is 1.17 bits per heavy atom. The normalized spacial score (nSPS) is 11.6. The molecule has 0 aliphatic heterocycles. The lowest BCUT2D eigenvalue weighted by atomic mass is 9.80. The van der Waals surface area contributed by atoms with Crippen molar-refractivity contribution in [2.75, 3.05) is 0 Å². The van der Waals surface area contributed by atoms with E-state index in [1.165, 1.54) is 12.1 Å². The molecule has 2 rings (SSSR count). The van der Waals surface area contributed by atoms with Crippen LogP contribution >= 0.6 is 0 Å². The molecule has 0 saturated heterocycles. The van der Waals surface area contributed by atoms with Crippen LogP contribution in [0.1, 0.15) is 5.69 Å². The highest BCUT2D eigenvalue weighted by atomic mass is 19.4. The van der Waals surface area contributed by atoms with Gasteiger partial charge in [0.1, 0.15) is 12.4 Å². The van der Waals surface area contributed by atoms with Crippen molar-refractivity contribution in [3.05, 3.63) is 42.2 Å². The molecular formula is C11H11BF3N2O-. The Hall–Kier alpha value is -1.92. The van der Waals surface area contributed by atoms with Crippen molar-refractivity contribution in [2.45, 2.75) is 6.61 Å². The van der Waals surface area contributed by atoms with Crippen molar-refractivity contribution < 1.29 is 17.7 Å². The molecule has 0 spiro atoms. The van der Waals surface area contributed by atoms with Crippen molar-refractivity contribution in [3.63, 3.8) is 0 Å². The Bertz CT molecular complexity index is 522. The lowest BCUT2D eigenvalue weighted by Gasteiger charge is -2.14. The first-order valence-corrected chi connectivity index (χ1v) is 5.36. The fraction of sp³-hybridized carbons (Fsp3) is 0.182. The Labute approximate surface area is 102 Å². The molecule has 0 N–H and O–H groups in total. The monoisotopic (exact) mass is 255 g/mol. The fourth-order valence-electron chi connectivity index (χ4n) is 1.48. The van der Waals surface area contributed by atoms with Crippen LogP contribution in [-0.4, -0.2) is 16.8 Å². The summed E-state index contributed by atoms with van der Waals surface area (Å²) in [6, 6.07) is 6.45. The summed E-state index contributed by atoms with van der Waals surface area (Å²) in [5.74, 6) is 0.393. The average molecular weight is 255 g/mol. The van der Waals surface area contributed by atoms with E-state index in [4.69, 9.17) is 4.74 Å². The van der Waals surface area contributed by atoms with Crippen molar-refractivity contribution in [1.82, 2.24) is 9.78 Å². The van der Waals surface area contributed by atoms with Gasteiger partial charge in [0, 0.05) is 13.2 Å². The van der Waals surface area contributed by atoms with Crippen molar-refractivity contribution in [2.24, 2.45) is 7.05 Å². The number of nitrogens with zero attached hydrogens (tertiary/aromatic N) is 2. The summed E-state index contributed by atoms with van der Waals surface area (Å²) in [5, 5.41) is 4.10. The number of aryl methyl sites for hydroxylation is 1. The number of hydrogen-bond donors (Lipinski definition) is 0. The SMILES string of the molecule is Cn1ccc(COc2ccc([B-](F)(F)F)cc2)n1. The van der Waals surface area contributed by atoms with E-state index in [0.717, 1.165) is 17.8 Å². The van der Waals surface area contributed by atoms with Crippen LogP contribution in [0.25, 0.3) is 0 Å². The fourth-order valence-corrected chi connectivity index (χ4v) is 1.48. The topological polar surface area (TPSA) is 27.1 Å². The minimum atomic E-state index is -4.95. The second-order valence-electron chi connectivity index (χ2n) is 3.91. The number of benzene rings is 1. The largest absolute Gasteiger partial charge is 0.509 e. The maximum Gasteiger partial charge on any atom is 0.509 e. The summed E-state index contributed by atoms with van der Waals surface area (Å²) in [7, 11) is 1.78. The van der Waals surface area contributed by atoms with E-state index < -0.39 is 12.4 Å². The maximum absolute atomic E-state index is 12.4. The highest BCUT2D eigenvalue weighted by Crippen LogP contribution is 2.14. The number of ether oxygens (including phenoxy) is 1. The van der Waals surface area contributed by atoms with Crippen LogP contribution in [0, 0.1) is 0 Å². The van der Waals surface area contributed by atoms with Gasteiger partial charge < -0.3 is 17.7 Å². The van der Waals surface area contributed by atoms with Gasteiger partial charge in [0.15, 0.2) is 0 Å². The molecular weight excluding hydrogens is 244 g/mol. The Morgan fingerprint density at radius 3 is 2.33 bits per heavy atom. The van der Waals surface area contributed by atoms with Crippen LogP contribution in [0.15, 0.2) is 36.5 Å². The molecule has 0 radical (unpaired) electrons. The van der Waals surface area contributed by atoms with E-state index in [-0.39, 0.29) is 6.61 Å². The highest BCUT2D eigenvalue weighted by molar-refractivity contribution is 6.73. The molecule has 0 aliphatic carbocycles. The molecule has 18 heavy (non-hydrogen) atoms. The molecule has 1 heterocycles. The first-order chi connectivity index (χ1) is 8.45. The molecule has 0 aliphatic rings. The van der Waals surface area contributed by atoms with E-state index in [0.29, 0.717) is 5.75 Å². The van der Waals surface area contributed by atoms with E-state index in [9.17, 15) is 12.9 Å². The zero-order valence-corrected chi connectivity index (χ0v) is 9.69. The van der Waals surface area contributed by atoms with Crippen molar-refractivity contribution in [3.8, 4) is 5.75 Å². The summed E-state index contributed by atoms with van der Waals surface area (Å²) in [4.78, 5) is 0. The van der Waals surface area contributed by atoms with Crippen LogP contribution in [0.5, 0.6) is 5.75 Å². The summed E-state index contributed by atoms with van der Waals surface area (Å²) in [6.07, 6.45) is 1.77. The molecule has 0 unspecified atom stereocenters. The van der Waals surface area contributed by atoms with Gasteiger partial charge in [-0.25, -0.2) is 0 Å². The van der Waals surface area contributed by atoms with Gasteiger partial charge in [-0.15, -0.1) is 5.46 Å². The van der Waals surface area contributed by atoms with E-state index in [1.807, 2.05) is 0 Å². The smallest absolute Gasteiger partial charge is 0.487 e. The lowest BCUT2D eigenvalue weighted by Crippen LogP contribution is -2.33. The molecule has 0 fully saturated rings. The Balaban J connectivity index is 1.98. The predicted molar refractivity (Wildman–Crippen MR) is 62.7 cm³/mol. The van der Waals surface area contributed by atoms with Crippen LogP contribution in [0.4, 0.5) is 12.9 Å². The third kappa shape index (κ3) is 3.06. The van der Waals surface area contributed by atoms with Gasteiger partial charge in [-0.05, 0) is 18.2 Å². The van der Waals surface area contributed by atoms with Gasteiger partial charge in [-0.3, -0.25) is 4.68 Å². The van der Waals surface area contributed by atoms with Crippen molar-refractivity contribution in [1.29, 1.82) is 0 Å². The lowest BCUT2D eigenvalue weighted by molar-refractivity contribution is 0.300. The highest BCUT2D eigenvalue weighted by Gasteiger charge is 2.24. The second-order valence-corrected chi connectivity index (χ2v) is 3.91. The van der Waals surface area contributed by atoms with E-state index in [2.05, 4.69) is 5.10 Å². The van der Waals surface area contributed by atoms with Gasteiger partial charge in [0.05, 0.1) is 5.69 Å².